The van der Waals surface area contributed by atoms with Crippen LogP contribution in [-0.4, -0.2) is 10.9 Å². The minimum atomic E-state index is 0.823. The molecule has 1 radical (unpaired) electrons. The molecule has 4 heteroatoms. The molecule has 0 nitrogen and oxygen atoms in total. The van der Waals surface area contributed by atoms with Crippen molar-refractivity contribution in [3.05, 3.63) is 0 Å². The molecule has 0 heterocycles. The van der Waals surface area contributed by atoms with Crippen molar-refractivity contribution in [3.8, 4) is 0 Å². The van der Waals surface area contributed by atoms with Gasteiger partial charge in [0.15, 0.2) is 0 Å². The zero-order valence-corrected chi connectivity index (χ0v) is 5.19. The van der Waals surface area contributed by atoms with E-state index in [0.717, 1.165) is 5.08 Å². The van der Waals surface area contributed by atoms with Crippen LogP contribution in [0.4, 0.5) is 0 Å². The first-order valence-corrected chi connectivity index (χ1v) is 3.30. The molecule has 0 saturated heterocycles. The molecule has 0 saturated carbocycles. The van der Waals surface area contributed by atoms with Crippen LogP contribution in [-0.2, 0) is 0 Å². The molecule has 0 aromatic rings. The van der Waals surface area contributed by atoms with Crippen molar-refractivity contribution in [2.75, 3.05) is 5.08 Å². The second-order valence-electron chi connectivity index (χ2n) is 0.401. The van der Waals surface area contributed by atoms with E-state index in [1.165, 1.54) is 0 Å². The predicted molar refractivity (Wildman–Crippen MR) is 36.2 cm³/mol. The van der Waals surface area contributed by atoms with E-state index in [0.29, 0.717) is 0 Å². The van der Waals surface area contributed by atoms with Gasteiger partial charge in [0.1, 0.15) is 0 Å². The molecule has 0 amide bonds. The fourth-order valence-electron chi connectivity index (χ4n) is 0.0333. The number of thiol groups is 2. The largest absolute Gasteiger partial charge is 0.264 e. The summed E-state index contributed by atoms with van der Waals surface area (Å²) < 4.78 is 0. The Morgan fingerprint density at radius 3 is 2.40 bits per heavy atom. The highest BCUT2D eigenvalue weighted by molar-refractivity contribution is 8.46. The molecule has 0 spiro atoms. The van der Waals surface area contributed by atoms with Gasteiger partial charge in [-0.05, 0) is 0 Å². The van der Waals surface area contributed by atoms with Crippen LogP contribution in [0.25, 0.3) is 0 Å². The van der Waals surface area contributed by atoms with Crippen LogP contribution in [0, 0.1) is 0 Å². The lowest BCUT2D eigenvalue weighted by Crippen LogP contribution is -1.62. The lowest BCUT2D eigenvalue weighted by atomic mass is 10.7. The van der Waals surface area contributed by atoms with Gasteiger partial charge in [0.25, 0.3) is 5.84 Å². The fourth-order valence-corrected chi connectivity index (χ4v) is 0.900. The molecule has 0 fully saturated rings. The first-order valence-electron chi connectivity index (χ1n) is 1.10. The second-order valence-corrected chi connectivity index (χ2v) is 2.61. The summed E-state index contributed by atoms with van der Waals surface area (Å²) in [6.07, 6.45) is 0. The summed E-state index contributed by atoms with van der Waals surface area (Å²) in [7, 11) is 0. The van der Waals surface area contributed by atoms with Crippen molar-refractivity contribution >= 4 is 42.6 Å². The Morgan fingerprint density at radius 1 is 1.80 bits per heavy atom. The predicted octanol–water partition coefficient (Wildman–Crippen LogP) is 1.07. The lowest BCUT2D eigenvalue weighted by Gasteiger charge is -1.77. The van der Waals surface area contributed by atoms with E-state index in [1.54, 1.807) is 17.4 Å². The lowest BCUT2D eigenvalue weighted by molar-refractivity contribution is 2.36. The van der Waals surface area contributed by atoms with Crippen LogP contribution < -0.4 is 0 Å². The molecule has 29 valence electrons. The van der Waals surface area contributed by atoms with Crippen LogP contribution in [0.15, 0.2) is 0 Å². The molecule has 0 bridgehead atoms. The molecule has 0 unspecified atom stereocenters. The molecule has 0 aromatic heterocycles. The van der Waals surface area contributed by atoms with Gasteiger partial charge in [-0.25, -0.2) is 12.5 Å². The molecule has 0 atom stereocenters. The van der Waals surface area contributed by atoms with Gasteiger partial charge in [0.2, 0.25) is 0 Å². The van der Waals surface area contributed by atoms with E-state index in [2.05, 4.69) is 25.1 Å². The normalized spacial score (nSPS) is 7.60. The van der Waals surface area contributed by atoms with Gasteiger partial charge in [-0.3, -0.25) is 0 Å². The van der Waals surface area contributed by atoms with E-state index < -0.39 is 0 Å². The highest BCUT2D eigenvalue weighted by Gasteiger charge is 1.73. The number of rotatable bonds is 2. The zero-order valence-electron chi connectivity index (χ0n) is 2.59. The van der Waals surface area contributed by atoms with Crippen LogP contribution in [0.5, 0.6) is 0 Å². The zero-order chi connectivity index (χ0) is 4.12. The SMILES string of the molecule is S[B]SCS. The van der Waals surface area contributed by atoms with E-state index >= 15 is 0 Å². The summed E-state index contributed by atoms with van der Waals surface area (Å²) in [6.45, 7) is 0. The summed E-state index contributed by atoms with van der Waals surface area (Å²) in [5.41, 5.74) is 0. The van der Waals surface area contributed by atoms with E-state index in [1.807, 2.05) is 0 Å². The third-order valence-corrected chi connectivity index (χ3v) is 1.34. The molecule has 0 aliphatic carbocycles. The highest BCUT2D eigenvalue weighted by Crippen LogP contribution is 1.98. The summed E-state index contributed by atoms with van der Waals surface area (Å²) in [5, 5.41) is 0.823. The Hall–Kier alpha value is 1.11. The van der Waals surface area contributed by atoms with Crippen LogP contribution in [0.2, 0.25) is 0 Å². The maximum Gasteiger partial charge on any atom is 0.264 e. The maximum absolute atomic E-state index is 3.88. The molecule has 0 aliphatic heterocycles. The smallest absolute Gasteiger partial charge is 0.219 e. The van der Waals surface area contributed by atoms with Crippen LogP contribution >= 0.6 is 36.7 Å². The maximum atomic E-state index is 3.88. The van der Waals surface area contributed by atoms with Crippen molar-refractivity contribution in [1.82, 2.24) is 0 Å². The highest BCUT2D eigenvalue weighted by atomic mass is 32.2. The molecule has 0 aliphatic rings. The molecule has 0 N–H and O–H groups in total. The van der Waals surface area contributed by atoms with Gasteiger partial charge in [0.05, 0.1) is 0 Å². The third kappa shape index (κ3) is 5.11. The minimum absolute atomic E-state index is 0.823. The summed E-state index contributed by atoms with van der Waals surface area (Å²) in [4.78, 5) is 0. The van der Waals surface area contributed by atoms with Crippen LogP contribution in [0.3, 0.4) is 0 Å². The first-order chi connectivity index (χ1) is 2.41. The van der Waals surface area contributed by atoms with Crippen molar-refractivity contribution in [2.45, 2.75) is 0 Å². The van der Waals surface area contributed by atoms with Gasteiger partial charge in [-0.15, -0.1) is 0 Å². The molecule has 0 aromatic carbocycles. The topological polar surface area (TPSA) is 0 Å². The number of hydrogen-bond acceptors (Lipinski definition) is 3. The molecule has 0 rings (SSSR count). The van der Waals surface area contributed by atoms with Gasteiger partial charge in [-0.2, -0.15) is 24.2 Å². The second kappa shape index (κ2) is 5.11. The Morgan fingerprint density at radius 2 is 2.40 bits per heavy atom. The quantitative estimate of drug-likeness (QED) is 0.314. The van der Waals surface area contributed by atoms with E-state index in [-0.39, 0.29) is 0 Å². The standard InChI is InChI=1S/CH4BS3/c3-1-5-2-4/h3-4H,1H2. The number of hydrogen-bond donors (Lipinski definition) is 2. The van der Waals surface area contributed by atoms with Crippen molar-refractivity contribution in [3.63, 3.8) is 0 Å². The Labute approximate surface area is 48.0 Å². The summed E-state index contributed by atoms with van der Waals surface area (Å²) >= 11 is 9.24. The van der Waals surface area contributed by atoms with E-state index in [4.69, 9.17) is 0 Å². The monoisotopic (exact) mass is 123 g/mol. The average Bonchev–Trinajstić information content (AvgIpc) is 1.41. The van der Waals surface area contributed by atoms with Gasteiger partial charge < -0.3 is 0 Å². The van der Waals surface area contributed by atoms with Gasteiger partial charge in [0, 0.05) is 5.08 Å². The molecule has 5 heavy (non-hydrogen) atoms. The molecular weight excluding hydrogens is 119 g/mol. The molecular formula is CH4BS3. The Kier molecular flexibility index (Phi) is 6.26. The van der Waals surface area contributed by atoms with Crippen molar-refractivity contribution in [1.29, 1.82) is 0 Å². The third-order valence-electron chi connectivity index (χ3n) is 0.149. The van der Waals surface area contributed by atoms with Crippen molar-refractivity contribution < 1.29 is 0 Å². The van der Waals surface area contributed by atoms with E-state index in [9.17, 15) is 0 Å². The summed E-state index contributed by atoms with van der Waals surface area (Å²) in [6, 6.07) is 0. The fraction of sp³-hybridized carbons (Fsp3) is 1.00. The first kappa shape index (κ1) is 6.11. The average molecular weight is 123 g/mol. The minimum Gasteiger partial charge on any atom is -0.219 e. The van der Waals surface area contributed by atoms with Gasteiger partial charge >= 0.3 is 0 Å². The van der Waals surface area contributed by atoms with Gasteiger partial charge in [-0.1, -0.05) is 0 Å². The van der Waals surface area contributed by atoms with Crippen LogP contribution in [0.1, 0.15) is 0 Å². The van der Waals surface area contributed by atoms with Crippen molar-refractivity contribution in [2.24, 2.45) is 0 Å². The summed E-state index contributed by atoms with van der Waals surface area (Å²) in [5.74, 6) is 1.72. The Balaban J connectivity index is 2.19. The Bertz CT molecular complexity index is 14.4.